The molecular weight excluding hydrogens is 713 g/mol. The molecule has 59 heavy (non-hydrogen) atoms. The molecule has 0 aliphatic carbocycles. The molecule has 0 amide bonds. The van der Waals surface area contributed by atoms with E-state index in [1.54, 1.807) is 0 Å². The van der Waals surface area contributed by atoms with Crippen LogP contribution in [-0.2, 0) is 0 Å². The molecule has 0 fully saturated rings. The van der Waals surface area contributed by atoms with Crippen molar-refractivity contribution in [1.82, 2.24) is 0 Å². The van der Waals surface area contributed by atoms with Crippen molar-refractivity contribution in [2.75, 3.05) is 0 Å². The van der Waals surface area contributed by atoms with Gasteiger partial charge in [0.1, 0.15) is 0 Å². The summed E-state index contributed by atoms with van der Waals surface area (Å²) < 4.78 is 0. The van der Waals surface area contributed by atoms with Crippen LogP contribution in [0.3, 0.4) is 0 Å². The van der Waals surface area contributed by atoms with Gasteiger partial charge in [-0.3, -0.25) is 0 Å². The van der Waals surface area contributed by atoms with E-state index in [1.165, 1.54) is 65.3 Å². The molecule has 12 aromatic rings. The largest absolute Gasteiger partial charge is 0.361 e. The molecule has 0 saturated heterocycles. The second-order valence-electron chi connectivity index (χ2n) is 15.5. The van der Waals surface area contributed by atoms with Gasteiger partial charge in [0.15, 0.2) is 0 Å². The third kappa shape index (κ3) is 4.88. The lowest BCUT2D eigenvalue weighted by molar-refractivity contribution is -0.00233. The maximum absolute atomic E-state index is 11.6. The Kier molecular flexibility index (Phi) is 7.37. The average Bonchev–Trinajstić information content (AvgIpc) is 3.30. The Balaban J connectivity index is 1.23. The highest BCUT2D eigenvalue weighted by molar-refractivity contribution is 6.37. The molecule has 0 N–H and O–H groups in total. The van der Waals surface area contributed by atoms with Gasteiger partial charge in [-0.1, -0.05) is 194 Å². The highest BCUT2D eigenvalue weighted by Crippen LogP contribution is 2.48. The van der Waals surface area contributed by atoms with Gasteiger partial charge in [0.25, 0.3) is 0 Å². The first-order valence-electron chi connectivity index (χ1n) is 20.2. The number of hydrogen-bond acceptors (Lipinski definition) is 0. The molecule has 0 aromatic heterocycles. The fourth-order valence-electron chi connectivity index (χ4n) is 10.1. The second-order valence-corrected chi connectivity index (χ2v) is 15.5. The van der Waals surface area contributed by atoms with Crippen LogP contribution in [0, 0.1) is 0 Å². The molecule has 0 unspecified atom stereocenters. The molecule has 0 aliphatic heterocycles. The van der Waals surface area contributed by atoms with Gasteiger partial charge >= 0.3 is 5.71 Å². The van der Waals surface area contributed by atoms with Crippen molar-refractivity contribution >= 4 is 91.9 Å². The average molecular weight is 747 g/mol. The van der Waals surface area contributed by atoms with Crippen molar-refractivity contribution in [2.24, 2.45) is 0 Å². The van der Waals surface area contributed by atoms with E-state index in [-0.39, 0.29) is 0 Å². The Morgan fingerprint density at radius 1 is 0.254 bits per heavy atom. The van der Waals surface area contributed by atoms with E-state index in [1.807, 2.05) is 0 Å². The van der Waals surface area contributed by atoms with Crippen molar-refractivity contribution in [3.63, 3.8) is 0 Å². The SMILES string of the molecule is [N-]=[N+]=C(c1c2ccccc2c(-c2c3ccccc3cc3ccccc23)c2ccccc12)c1c2ccccc2c(-c2c3ccccc3cc3ccccc23)c2ccccc12. The molecule has 2 nitrogen and oxygen atoms in total. The summed E-state index contributed by atoms with van der Waals surface area (Å²) in [7, 11) is 0. The highest BCUT2D eigenvalue weighted by Gasteiger charge is 2.30. The van der Waals surface area contributed by atoms with Crippen LogP contribution in [0.15, 0.2) is 206 Å². The van der Waals surface area contributed by atoms with E-state index >= 15 is 0 Å². The standard InChI is InChI=1S/C57H34N2/c58-59-57(55-47-29-13-9-25-43(47)53(44-26-10-14-30-48(44)55)51-39-21-5-1-17-35(39)33-36-18-2-6-22-40(36)51)56-49-31-15-11-27-45(49)54(46-28-12-16-32-50(46)56)52-41-23-7-3-19-37(41)34-38-20-4-8-24-42(38)52/h1-34H. The Labute approximate surface area is 340 Å². The Morgan fingerprint density at radius 3 is 0.712 bits per heavy atom. The van der Waals surface area contributed by atoms with Crippen LogP contribution >= 0.6 is 0 Å². The van der Waals surface area contributed by atoms with Crippen LogP contribution in [0.25, 0.3) is 114 Å². The van der Waals surface area contributed by atoms with Crippen LogP contribution in [0.5, 0.6) is 0 Å². The molecule has 0 aliphatic rings. The van der Waals surface area contributed by atoms with Crippen LogP contribution in [0.1, 0.15) is 11.1 Å². The van der Waals surface area contributed by atoms with Gasteiger partial charge < -0.3 is 5.53 Å². The minimum absolute atomic E-state index is 0.549. The quantitative estimate of drug-likeness (QED) is 0.0744. The van der Waals surface area contributed by atoms with Gasteiger partial charge in [0, 0.05) is 0 Å². The third-order valence-corrected chi connectivity index (χ3v) is 12.5. The number of fused-ring (bicyclic) bond motifs is 8. The van der Waals surface area contributed by atoms with Gasteiger partial charge in [0.05, 0.1) is 11.1 Å². The lowest BCUT2D eigenvalue weighted by Crippen LogP contribution is -2.10. The molecule has 12 aromatic carbocycles. The summed E-state index contributed by atoms with van der Waals surface area (Å²) in [6, 6.07) is 74.1. The van der Waals surface area contributed by atoms with E-state index in [4.69, 9.17) is 0 Å². The first-order chi connectivity index (χ1) is 29.3. The molecule has 0 bridgehead atoms. The van der Waals surface area contributed by atoms with E-state index in [9.17, 15) is 5.53 Å². The number of benzene rings is 12. The fraction of sp³-hybridized carbons (Fsp3) is 0. The predicted octanol–water partition coefficient (Wildman–Crippen LogP) is 15.3. The van der Waals surface area contributed by atoms with Gasteiger partial charge in [-0.2, -0.15) is 4.79 Å². The molecule has 0 spiro atoms. The summed E-state index contributed by atoms with van der Waals surface area (Å²) in [5.41, 5.74) is 18.7. The first-order valence-corrected chi connectivity index (χ1v) is 20.2. The summed E-state index contributed by atoms with van der Waals surface area (Å²) in [5.74, 6) is 0. The topological polar surface area (TPSA) is 36.4 Å². The van der Waals surface area contributed by atoms with Gasteiger partial charge in [0.2, 0.25) is 0 Å². The minimum atomic E-state index is 0.549. The summed E-state index contributed by atoms with van der Waals surface area (Å²) >= 11 is 0. The Hall–Kier alpha value is -7.90. The summed E-state index contributed by atoms with van der Waals surface area (Å²) in [6.07, 6.45) is 0. The monoisotopic (exact) mass is 746 g/mol. The normalized spacial score (nSPS) is 11.7. The number of hydrogen-bond donors (Lipinski definition) is 0. The highest BCUT2D eigenvalue weighted by atomic mass is 14.9. The summed E-state index contributed by atoms with van der Waals surface area (Å²) in [4.78, 5) is 4.35. The van der Waals surface area contributed by atoms with E-state index < -0.39 is 0 Å². The molecule has 2 heteroatoms. The van der Waals surface area contributed by atoms with Crippen molar-refractivity contribution in [3.05, 3.63) is 223 Å². The lowest BCUT2D eigenvalue weighted by atomic mass is 9.80. The Morgan fingerprint density at radius 2 is 0.458 bits per heavy atom. The summed E-state index contributed by atoms with van der Waals surface area (Å²) in [5, 5.41) is 18.2. The molecule has 0 atom stereocenters. The Bertz CT molecular complexity index is 3330. The smallest absolute Gasteiger partial charge is 0.332 e. The maximum Gasteiger partial charge on any atom is 0.332 e. The van der Waals surface area contributed by atoms with Crippen molar-refractivity contribution in [3.8, 4) is 22.3 Å². The third-order valence-electron chi connectivity index (χ3n) is 12.5. The molecule has 0 saturated carbocycles. The van der Waals surface area contributed by atoms with Gasteiger partial charge in [-0.05, 0) is 121 Å². The van der Waals surface area contributed by atoms with E-state index in [2.05, 4.69) is 211 Å². The van der Waals surface area contributed by atoms with Crippen LogP contribution < -0.4 is 0 Å². The summed E-state index contributed by atoms with van der Waals surface area (Å²) in [6.45, 7) is 0. The predicted molar refractivity (Wildman–Crippen MR) is 251 cm³/mol. The molecule has 12 rings (SSSR count). The van der Waals surface area contributed by atoms with E-state index in [0.29, 0.717) is 5.71 Å². The van der Waals surface area contributed by atoms with Gasteiger partial charge in [-0.15, -0.1) is 0 Å². The van der Waals surface area contributed by atoms with Crippen molar-refractivity contribution < 1.29 is 4.79 Å². The van der Waals surface area contributed by atoms with Gasteiger partial charge in [-0.25, -0.2) is 0 Å². The van der Waals surface area contributed by atoms with Crippen LogP contribution in [0.4, 0.5) is 0 Å². The molecule has 272 valence electrons. The van der Waals surface area contributed by atoms with Crippen LogP contribution in [0.2, 0.25) is 0 Å². The zero-order chi connectivity index (χ0) is 39.0. The first kappa shape index (κ1) is 33.3. The fourth-order valence-corrected chi connectivity index (χ4v) is 10.1. The molecular formula is C57H34N2. The second kappa shape index (κ2) is 13.1. The van der Waals surface area contributed by atoms with Crippen molar-refractivity contribution in [2.45, 2.75) is 0 Å². The maximum atomic E-state index is 11.6. The van der Waals surface area contributed by atoms with Crippen molar-refractivity contribution in [1.29, 1.82) is 0 Å². The number of rotatable bonds is 4. The number of nitrogens with zero attached hydrogens (tertiary/aromatic N) is 2. The van der Waals surface area contributed by atoms with E-state index in [0.717, 1.165) is 54.2 Å². The minimum Gasteiger partial charge on any atom is -0.361 e. The molecule has 0 heterocycles. The lowest BCUT2D eigenvalue weighted by Gasteiger charge is -2.21. The zero-order valence-electron chi connectivity index (χ0n) is 32.0. The zero-order valence-corrected chi connectivity index (χ0v) is 32.0. The van der Waals surface area contributed by atoms with Crippen LogP contribution in [-0.4, -0.2) is 10.5 Å². The molecule has 0 radical (unpaired) electrons.